The van der Waals surface area contributed by atoms with Gasteiger partial charge in [0.15, 0.2) is 0 Å². The Kier molecular flexibility index (Phi) is 5.17. The maximum Gasteiger partial charge on any atom is 0.303 e. The van der Waals surface area contributed by atoms with Crippen molar-refractivity contribution in [3.8, 4) is 0 Å². The zero-order valence-electron chi connectivity index (χ0n) is 12.0. The second kappa shape index (κ2) is 6.89. The van der Waals surface area contributed by atoms with Crippen molar-refractivity contribution >= 4 is 23.5 Å². The number of carboxylic acids is 1. The van der Waals surface area contributed by atoms with E-state index < -0.39 is 5.97 Å². The van der Waals surface area contributed by atoms with Crippen LogP contribution in [0.5, 0.6) is 0 Å². The third kappa shape index (κ3) is 4.17. The molecular formula is C15H19ClN2O3. The summed E-state index contributed by atoms with van der Waals surface area (Å²) in [6.45, 7) is 3.12. The van der Waals surface area contributed by atoms with Crippen molar-refractivity contribution in [2.45, 2.75) is 32.6 Å². The molecule has 1 aliphatic rings. The number of aromatic nitrogens is 1. The van der Waals surface area contributed by atoms with Gasteiger partial charge in [0, 0.05) is 31.4 Å². The number of carboxylic acid groups (broad SMARTS) is 1. The Bertz CT molecular complexity index is 540. The van der Waals surface area contributed by atoms with Gasteiger partial charge in [-0.15, -0.1) is 0 Å². The van der Waals surface area contributed by atoms with Crippen LogP contribution in [-0.2, 0) is 4.79 Å². The number of aryl methyl sites for hydroxylation is 1. The molecular weight excluding hydrogens is 292 g/mol. The van der Waals surface area contributed by atoms with Crippen LogP contribution in [-0.4, -0.2) is 40.0 Å². The standard InChI is InChI=1S/C15H19ClN2O3/c1-10-8-13(16)12(9-17-10)15(21)18-6-4-11(5-7-18)2-3-14(19)20/h8-9,11H,2-7H2,1H3,(H,19,20). The fourth-order valence-electron chi connectivity index (χ4n) is 2.61. The van der Waals surface area contributed by atoms with Crippen LogP contribution in [0.2, 0.25) is 5.02 Å². The van der Waals surface area contributed by atoms with Crippen LogP contribution < -0.4 is 0 Å². The van der Waals surface area contributed by atoms with Gasteiger partial charge in [-0.05, 0) is 38.2 Å². The molecule has 1 aromatic heterocycles. The highest BCUT2D eigenvalue weighted by molar-refractivity contribution is 6.33. The van der Waals surface area contributed by atoms with Crippen molar-refractivity contribution in [3.05, 3.63) is 28.5 Å². The molecule has 0 atom stereocenters. The molecule has 0 bridgehead atoms. The summed E-state index contributed by atoms with van der Waals surface area (Å²) >= 11 is 6.10. The summed E-state index contributed by atoms with van der Waals surface area (Å²) in [6, 6.07) is 1.69. The van der Waals surface area contributed by atoms with E-state index in [2.05, 4.69) is 4.98 Å². The summed E-state index contributed by atoms with van der Waals surface area (Å²) in [6.07, 6.45) is 4.10. The third-order valence-electron chi connectivity index (χ3n) is 3.89. The van der Waals surface area contributed by atoms with E-state index in [9.17, 15) is 9.59 Å². The second-order valence-electron chi connectivity index (χ2n) is 5.47. The second-order valence-corrected chi connectivity index (χ2v) is 5.88. The summed E-state index contributed by atoms with van der Waals surface area (Å²) in [5, 5.41) is 9.13. The van der Waals surface area contributed by atoms with E-state index in [-0.39, 0.29) is 12.3 Å². The van der Waals surface area contributed by atoms with Crippen molar-refractivity contribution in [2.75, 3.05) is 13.1 Å². The van der Waals surface area contributed by atoms with Crippen molar-refractivity contribution in [2.24, 2.45) is 5.92 Å². The van der Waals surface area contributed by atoms with Crippen LogP contribution >= 0.6 is 11.6 Å². The van der Waals surface area contributed by atoms with E-state index in [4.69, 9.17) is 16.7 Å². The lowest BCUT2D eigenvalue weighted by molar-refractivity contribution is -0.137. The lowest BCUT2D eigenvalue weighted by atomic mass is 9.92. The van der Waals surface area contributed by atoms with Crippen molar-refractivity contribution in [1.82, 2.24) is 9.88 Å². The minimum Gasteiger partial charge on any atom is -0.481 e. The number of rotatable bonds is 4. The van der Waals surface area contributed by atoms with E-state index in [1.54, 1.807) is 11.0 Å². The first-order valence-electron chi connectivity index (χ1n) is 7.10. The monoisotopic (exact) mass is 310 g/mol. The molecule has 2 rings (SSSR count). The smallest absolute Gasteiger partial charge is 0.303 e. The van der Waals surface area contributed by atoms with Gasteiger partial charge >= 0.3 is 5.97 Å². The number of hydrogen-bond donors (Lipinski definition) is 1. The number of amides is 1. The number of piperidine rings is 1. The molecule has 114 valence electrons. The average molecular weight is 311 g/mol. The molecule has 1 N–H and O–H groups in total. The molecule has 5 nitrogen and oxygen atoms in total. The number of pyridine rings is 1. The Hall–Kier alpha value is -1.62. The summed E-state index contributed by atoms with van der Waals surface area (Å²) in [4.78, 5) is 28.9. The maximum atomic E-state index is 12.4. The third-order valence-corrected chi connectivity index (χ3v) is 4.20. The number of likely N-dealkylation sites (tertiary alicyclic amines) is 1. The lowest BCUT2D eigenvalue weighted by Gasteiger charge is -2.32. The predicted octanol–water partition coefficient (Wildman–Crippen LogP) is 2.76. The SMILES string of the molecule is Cc1cc(Cl)c(C(=O)N2CCC(CCC(=O)O)CC2)cn1. The molecule has 6 heteroatoms. The Morgan fingerprint density at radius 2 is 2.10 bits per heavy atom. The molecule has 1 amide bonds. The van der Waals surface area contributed by atoms with E-state index in [1.165, 1.54) is 6.20 Å². The Morgan fingerprint density at radius 1 is 1.43 bits per heavy atom. The number of carbonyl (C=O) groups excluding carboxylic acids is 1. The van der Waals surface area contributed by atoms with Crippen LogP contribution in [0.3, 0.4) is 0 Å². The van der Waals surface area contributed by atoms with Gasteiger partial charge in [-0.25, -0.2) is 0 Å². The summed E-state index contributed by atoms with van der Waals surface area (Å²) < 4.78 is 0. The number of hydrogen-bond acceptors (Lipinski definition) is 3. The Balaban J connectivity index is 1.92. The molecule has 1 fully saturated rings. The van der Waals surface area contributed by atoms with Crippen LogP contribution in [0.4, 0.5) is 0 Å². The lowest BCUT2D eigenvalue weighted by Crippen LogP contribution is -2.38. The summed E-state index contributed by atoms with van der Waals surface area (Å²) in [7, 11) is 0. The van der Waals surface area contributed by atoms with Crippen LogP contribution in [0.1, 0.15) is 41.7 Å². The molecule has 1 saturated heterocycles. The van der Waals surface area contributed by atoms with Gasteiger partial charge in [-0.2, -0.15) is 0 Å². The molecule has 1 aliphatic heterocycles. The highest BCUT2D eigenvalue weighted by Crippen LogP contribution is 2.25. The number of aliphatic carboxylic acids is 1. The maximum absolute atomic E-state index is 12.4. The van der Waals surface area contributed by atoms with Gasteiger partial charge in [0.1, 0.15) is 0 Å². The topological polar surface area (TPSA) is 70.5 Å². The number of halogens is 1. The van der Waals surface area contributed by atoms with E-state index in [1.807, 2.05) is 6.92 Å². The first-order chi connectivity index (χ1) is 9.97. The molecule has 0 aliphatic carbocycles. The van der Waals surface area contributed by atoms with Crippen molar-refractivity contribution in [1.29, 1.82) is 0 Å². The minimum atomic E-state index is -0.758. The quantitative estimate of drug-likeness (QED) is 0.928. The number of nitrogens with zero attached hydrogens (tertiary/aromatic N) is 2. The number of carbonyl (C=O) groups is 2. The largest absolute Gasteiger partial charge is 0.481 e. The molecule has 0 unspecified atom stereocenters. The molecule has 0 saturated carbocycles. The summed E-state index contributed by atoms with van der Waals surface area (Å²) in [5.74, 6) is -0.466. The molecule has 0 radical (unpaired) electrons. The molecule has 0 spiro atoms. The van der Waals surface area contributed by atoms with E-state index >= 15 is 0 Å². The average Bonchev–Trinajstić information content (AvgIpc) is 2.45. The predicted molar refractivity (Wildman–Crippen MR) is 79.5 cm³/mol. The van der Waals surface area contributed by atoms with Crippen molar-refractivity contribution in [3.63, 3.8) is 0 Å². The fourth-order valence-corrected chi connectivity index (χ4v) is 2.89. The van der Waals surface area contributed by atoms with Gasteiger partial charge in [-0.3, -0.25) is 14.6 Å². The van der Waals surface area contributed by atoms with Gasteiger partial charge in [-0.1, -0.05) is 11.6 Å². The highest BCUT2D eigenvalue weighted by atomic mass is 35.5. The van der Waals surface area contributed by atoms with Gasteiger partial charge in [0.25, 0.3) is 5.91 Å². The van der Waals surface area contributed by atoms with Gasteiger partial charge < -0.3 is 10.0 Å². The van der Waals surface area contributed by atoms with Crippen molar-refractivity contribution < 1.29 is 14.7 Å². The minimum absolute atomic E-state index is 0.0933. The van der Waals surface area contributed by atoms with Crippen LogP contribution in [0.25, 0.3) is 0 Å². The van der Waals surface area contributed by atoms with Crippen LogP contribution in [0.15, 0.2) is 12.3 Å². The Labute approximate surface area is 128 Å². The summed E-state index contributed by atoms with van der Waals surface area (Å²) in [5.41, 5.74) is 1.22. The van der Waals surface area contributed by atoms with E-state index in [0.717, 1.165) is 18.5 Å². The van der Waals surface area contributed by atoms with E-state index in [0.29, 0.717) is 36.0 Å². The molecule has 2 heterocycles. The first-order valence-corrected chi connectivity index (χ1v) is 7.48. The molecule has 1 aromatic rings. The first kappa shape index (κ1) is 15.8. The highest BCUT2D eigenvalue weighted by Gasteiger charge is 2.25. The molecule has 21 heavy (non-hydrogen) atoms. The van der Waals surface area contributed by atoms with Crippen LogP contribution in [0, 0.1) is 12.8 Å². The fraction of sp³-hybridized carbons (Fsp3) is 0.533. The van der Waals surface area contributed by atoms with Gasteiger partial charge in [0.2, 0.25) is 0 Å². The zero-order chi connectivity index (χ0) is 15.4. The zero-order valence-corrected chi connectivity index (χ0v) is 12.8. The Morgan fingerprint density at radius 3 is 2.67 bits per heavy atom. The van der Waals surface area contributed by atoms with Gasteiger partial charge in [0.05, 0.1) is 10.6 Å². The molecule has 0 aromatic carbocycles. The normalized spacial score (nSPS) is 16.0.